The normalized spacial score (nSPS) is 10.7. The largest absolute Gasteiger partial charge is 0.465 e. The minimum Gasteiger partial charge on any atom is -0.465 e. The van der Waals surface area contributed by atoms with Gasteiger partial charge in [-0.25, -0.2) is 0 Å². The summed E-state index contributed by atoms with van der Waals surface area (Å²) in [4.78, 5) is 33.4. The van der Waals surface area contributed by atoms with Crippen LogP contribution in [0.3, 0.4) is 0 Å². The van der Waals surface area contributed by atoms with Gasteiger partial charge in [-0.1, -0.05) is 35.2 Å². The molecule has 0 saturated heterocycles. The van der Waals surface area contributed by atoms with Crippen LogP contribution >= 0.6 is 23.1 Å². The highest BCUT2D eigenvalue weighted by Gasteiger charge is 2.10. The summed E-state index contributed by atoms with van der Waals surface area (Å²) in [6.07, 6.45) is 2.70. The fraction of sp³-hybridized carbons (Fsp3) is 0.200. The number of thioether (sulfide) groups is 1. The summed E-state index contributed by atoms with van der Waals surface area (Å²) in [5.74, 6) is -0.684. The first kappa shape index (κ1) is 19.5. The number of ether oxygens (including phenoxy) is 1. The van der Waals surface area contributed by atoms with Gasteiger partial charge in [0.1, 0.15) is 0 Å². The molecule has 9 nitrogen and oxygen atoms in total. The highest BCUT2D eigenvalue weighted by Crippen LogP contribution is 2.25. The molecule has 2 rings (SSSR count). The lowest BCUT2D eigenvalue weighted by Crippen LogP contribution is -2.07. The van der Waals surface area contributed by atoms with Gasteiger partial charge in [0, 0.05) is 18.2 Å². The Hall–Kier alpha value is -2.79. The lowest BCUT2D eigenvalue weighted by molar-refractivity contribution is -0.384. The van der Waals surface area contributed by atoms with E-state index < -0.39 is 10.8 Å². The van der Waals surface area contributed by atoms with E-state index in [2.05, 4.69) is 15.5 Å². The number of aromatic nitrogens is 2. The van der Waals surface area contributed by atoms with Crippen molar-refractivity contribution in [2.45, 2.75) is 11.3 Å². The molecule has 2 aromatic rings. The van der Waals surface area contributed by atoms with Gasteiger partial charge < -0.3 is 4.74 Å². The molecule has 1 heterocycles. The monoisotopic (exact) mass is 394 g/mol. The summed E-state index contributed by atoms with van der Waals surface area (Å²) >= 11 is 2.30. The zero-order valence-corrected chi connectivity index (χ0v) is 15.2. The lowest BCUT2D eigenvalue weighted by atomic mass is 10.2. The number of carbonyl (C=O) groups is 2. The van der Waals surface area contributed by atoms with Crippen molar-refractivity contribution < 1.29 is 19.2 Å². The Morgan fingerprint density at radius 3 is 2.96 bits per heavy atom. The van der Waals surface area contributed by atoms with Crippen molar-refractivity contribution in [3.63, 3.8) is 0 Å². The van der Waals surface area contributed by atoms with Gasteiger partial charge in [-0.2, -0.15) is 0 Å². The molecule has 1 aromatic carbocycles. The fourth-order valence-corrected chi connectivity index (χ4v) is 3.26. The molecule has 0 bridgehead atoms. The number of hydrogen-bond acceptors (Lipinski definition) is 9. The van der Waals surface area contributed by atoms with E-state index in [4.69, 9.17) is 4.74 Å². The molecule has 26 heavy (non-hydrogen) atoms. The van der Waals surface area contributed by atoms with Crippen molar-refractivity contribution in [2.75, 3.05) is 17.7 Å². The van der Waals surface area contributed by atoms with Gasteiger partial charge in [-0.3, -0.25) is 25.0 Å². The molecule has 0 aliphatic carbocycles. The molecule has 136 valence electrons. The van der Waals surface area contributed by atoms with E-state index in [1.807, 2.05) is 0 Å². The van der Waals surface area contributed by atoms with E-state index >= 15 is 0 Å². The van der Waals surface area contributed by atoms with Gasteiger partial charge >= 0.3 is 5.97 Å². The van der Waals surface area contributed by atoms with Gasteiger partial charge in [-0.15, -0.1) is 10.2 Å². The van der Waals surface area contributed by atoms with Crippen LogP contribution in [-0.4, -0.2) is 39.4 Å². The first-order chi connectivity index (χ1) is 12.5. The summed E-state index contributed by atoms with van der Waals surface area (Å²) in [5, 5.41) is 21.2. The lowest BCUT2D eigenvalue weighted by Gasteiger charge is -1.98. The number of esters is 1. The summed E-state index contributed by atoms with van der Waals surface area (Å²) < 4.78 is 5.33. The second-order valence-electron chi connectivity index (χ2n) is 4.64. The Morgan fingerprint density at radius 2 is 2.23 bits per heavy atom. The number of hydrogen-bond donors (Lipinski definition) is 1. The zero-order chi connectivity index (χ0) is 18.9. The van der Waals surface area contributed by atoms with Gasteiger partial charge in [0.2, 0.25) is 11.0 Å². The molecule has 1 N–H and O–H groups in total. The SMILES string of the molecule is CCOC(=O)CSc1nnc(NC(=O)/C=C/c2cccc([N+](=O)[O-])c2)s1. The van der Waals surface area contributed by atoms with Gasteiger partial charge in [0.25, 0.3) is 5.69 Å². The number of nitrogens with one attached hydrogen (secondary N) is 1. The summed E-state index contributed by atoms with van der Waals surface area (Å²) in [7, 11) is 0. The summed E-state index contributed by atoms with van der Waals surface area (Å²) in [6.45, 7) is 2.04. The second kappa shape index (κ2) is 9.63. The van der Waals surface area contributed by atoms with Gasteiger partial charge in [-0.05, 0) is 18.6 Å². The van der Waals surface area contributed by atoms with Crippen molar-refractivity contribution in [1.29, 1.82) is 0 Å². The van der Waals surface area contributed by atoms with E-state index in [9.17, 15) is 19.7 Å². The predicted octanol–water partition coefficient (Wildman–Crippen LogP) is 2.75. The molecule has 0 aliphatic heterocycles. The smallest absolute Gasteiger partial charge is 0.316 e. The van der Waals surface area contributed by atoms with Crippen LogP contribution in [0.15, 0.2) is 34.7 Å². The Kier molecular flexibility index (Phi) is 7.24. The number of non-ortho nitro benzene ring substituents is 1. The highest BCUT2D eigenvalue weighted by atomic mass is 32.2. The maximum Gasteiger partial charge on any atom is 0.316 e. The van der Waals surface area contributed by atoms with E-state index in [0.29, 0.717) is 16.5 Å². The fourth-order valence-electron chi connectivity index (χ4n) is 1.70. The van der Waals surface area contributed by atoms with Crippen molar-refractivity contribution in [2.24, 2.45) is 0 Å². The van der Waals surface area contributed by atoms with Crippen molar-refractivity contribution in [3.8, 4) is 0 Å². The molecule has 0 spiro atoms. The quantitative estimate of drug-likeness (QED) is 0.181. The van der Waals surface area contributed by atoms with Crippen LogP contribution in [0.2, 0.25) is 0 Å². The number of benzene rings is 1. The molecule has 0 saturated carbocycles. The molecule has 11 heteroatoms. The van der Waals surface area contributed by atoms with E-state index in [-0.39, 0.29) is 22.5 Å². The van der Waals surface area contributed by atoms with Crippen LogP contribution in [0.5, 0.6) is 0 Å². The van der Waals surface area contributed by atoms with Gasteiger partial charge in [0.05, 0.1) is 17.3 Å². The average molecular weight is 394 g/mol. The molecule has 1 aromatic heterocycles. The van der Waals surface area contributed by atoms with Gasteiger partial charge in [0.15, 0.2) is 4.34 Å². The number of nitro groups is 1. The molecular formula is C15H14N4O5S2. The maximum absolute atomic E-state index is 11.9. The third-order valence-corrected chi connectivity index (χ3v) is 4.71. The maximum atomic E-state index is 11.9. The van der Waals surface area contributed by atoms with E-state index in [1.54, 1.807) is 13.0 Å². The topological polar surface area (TPSA) is 124 Å². The Bertz CT molecular complexity index is 837. The number of nitrogens with zero attached hydrogens (tertiary/aromatic N) is 3. The molecule has 0 radical (unpaired) electrons. The van der Waals surface area contributed by atoms with Crippen LogP contribution in [0.4, 0.5) is 10.8 Å². The number of nitro benzene ring substituents is 1. The van der Waals surface area contributed by atoms with Crippen molar-refractivity contribution in [1.82, 2.24) is 10.2 Å². The summed E-state index contributed by atoms with van der Waals surface area (Å²) in [6, 6.07) is 5.91. The van der Waals surface area contributed by atoms with Crippen LogP contribution in [0.1, 0.15) is 12.5 Å². The van der Waals surface area contributed by atoms with E-state index in [1.165, 1.54) is 42.1 Å². The van der Waals surface area contributed by atoms with Crippen LogP contribution in [0.25, 0.3) is 6.08 Å². The number of carbonyl (C=O) groups excluding carboxylic acids is 2. The van der Waals surface area contributed by atoms with Crippen LogP contribution in [0, 0.1) is 10.1 Å². The minimum absolute atomic E-state index is 0.0556. The van der Waals surface area contributed by atoms with Crippen LogP contribution < -0.4 is 5.32 Å². The highest BCUT2D eigenvalue weighted by molar-refractivity contribution is 8.01. The predicted molar refractivity (Wildman–Crippen MR) is 98.0 cm³/mol. The molecular weight excluding hydrogens is 380 g/mol. The van der Waals surface area contributed by atoms with Crippen molar-refractivity contribution in [3.05, 3.63) is 46.0 Å². The average Bonchev–Trinajstić information content (AvgIpc) is 3.06. The second-order valence-corrected chi connectivity index (χ2v) is 6.84. The number of rotatable bonds is 8. The van der Waals surface area contributed by atoms with Crippen LogP contribution in [-0.2, 0) is 14.3 Å². The third kappa shape index (κ3) is 6.26. The third-order valence-electron chi connectivity index (χ3n) is 2.76. The van der Waals surface area contributed by atoms with E-state index in [0.717, 1.165) is 11.3 Å². The summed E-state index contributed by atoms with van der Waals surface area (Å²) in [5.41, 5.74) is 0.470. The molecule has 0 unspecified atom stereocenters. The Labute approximate surface area is 156 Å². The number of amides is 1. The molecule has 0 fully saturated rings. The molecule has 0 aliphatic rings. The number of anilines is 1. The molecule has 1 amide bonds. The van der Waals surface area contributed by atoms with Crippen molar-refractivity contribution >= 4 is 51.9 Å². The minimum atomic E-state index is -0.506. The first-order valence-electron chi connectivity index (χ1n) is 7.33. The Morgan fingerprint density at radius 1 is 1.42 bits per heavy atom. The zero-order valence-electron chi connectivity index (χ0n) is 13.6. The standard InChI is InChI=1S/C15H14N4O5S2/c1-2-24-13(21)9-25-15-18-17-14(26-15)16-12(20)7-6-10-4-3-5-11(8-10)19(22)23/h3-8H,2,9H2,1H3,(H,16,17,20)/b7-6+. The Balaban J connectivity index is 1.89. The first-order valence-corrected chi connectivity index (χ1v) is 9.13. The molecule has 0 atom stereocenters.